The minimum atomic E-state index is -0.829. The molecule has 35 heavy (non-hydrogen) atoms. The highest BCUT2D eigenvalue weighted by molar-refractivity contribution is 6.23. The van der Waals surface area contributed by atoms with Crippen LogP contribution in [0.15, 0.2) is 78.9 Å². The van der Waals surface area contributed by atoms with Gasteiger partial charge in [0.1, 0.15) is 11.6 Å². The molecule has 4 atom stereocenters. The van der Waals surface area contributed by atoms with Gasteiger partial charge in [-0.3, -0.25) is 14.4 Å². The zero-order valence-corrected chi connectivity index (χ0v) is 19.3. The lowest BCUT2D eigenvalue weighted by Crippen LogP contribution is -2.47. The Hall–Kier alpha value is -3.87. The van der Waals surface area contributed by atoms with Gasteiger partial charge in [-0.1, -0.05) is 44.2 Å². The molecule has 7 heteroatoms. The minimum absolute atomic E-state index is 0.162. The van der Waals surface area contributed by atoms with Crippen LogP contribution < -0.4 is 4.90 Å². The molecule has 0 radical (unpaired) electrons. The van der Waals surface area contributed by atoms with Crippen LogP contribution in [0.2, 0.25) is 0 Å². The predicted octanol–water partition coefficient (Wildman–Crippen LogP) is 4.99. The second-order valence-electron chi connectivity index (χ2n) is 9.35. The first-order chi connectivity index (χ1) is 16.8. The number of para-hydroxylation sites is 1. The van der Waals surface area contributed by atoms with Crippen LogP contribution in [0.1, 0.15) is 35.8 Å². The molecule has 5 nitrogen and oxygen atoms in total. The average molecular weight is 475 g/mol. The van der Waals surface area contributed by atoms with Gasteiger partial charge >= 0.3 is 0 Å². The van der Waals surface area contributed by atoms with Crippen LogP contribution in [-0.2, 0) is 9.59 Å². The van der Waals surface area contributed by atoms with E-state index in [0.29, 0.717) is 11.3 Å². The third-order valence-electron chi connectivity index (χ3n) is 6.96. The van der Waals surface area contributed by atoms with Gasteiger partial charge < -0.3 is 4.90 Å². The Morgan fingerprint density at radius 3 is 1.89 bits per heavy atom. The molecule has 4 unspecified atom stereocenters. The third kappa shape index (κ3) is 3.71. The van der Waals surface area contributed by atoms with Crippen LogP contribution in [0.5, 0.6) is 0 Å². The average Bonchev–Trinajstić information content (AvgIpc) is 3.33. The lowest BCUT2D eigenvalue weighted by molar-refractivity contribution is -0.124. The van der Waals surface area contributed by atoms with Gasteiger partial charge in [0.05, 0.1) is 23.6 Å². The molecule has 2 saturated heterocycles. The van der Waals surface area contributed by atoms with Crippen LogP contribution in [0.25, 0.3) is 0 Å². The Bertz CT molecular complexity index is 1280. The van der Waals surface area contributed by atoms with Crippen LogP contribution in [0.3, 0.4) is 0 Å². The molecule has 3 amide bonds. The van der Waals surface area contributed by atoms with E-state index in [1.807, 2.05) is 13.8 Å². The molecule has 0 saturated carbocycles. The lowest BCUT2D eigenvalue weighted by Gasteiger charge is -2.36. The SMILES string of the molecule is CC(C)C1C2C(=O)N(c3ccccc3)C(=O)C2C(c2ccc(F)cc2)N1C(=O)c1ccc(F)cc1. The van der Waals surface area contributed by atoms with Gasteiger partial charge in [0.25, 0.3) is 5.91 Å². The van der Waals surface area contributed by atoms with Crippen molar-refractivity contribution in [1.82, 2.24) is 4.90 Å². The summed E-state index contributed by atoms with van der Waals surface area (Å²) in [4.78, 5) is 44.2. The summed E-state index contributed by atoms with van der Waals surface area (Å²) < 4.78 is 27.3. The van der Waals surface area contributed by atoms with Gasteiger partial charge in [-0.2, -0.15) is 0 Å². The molecule has 5 rings (SSSR count). The smallest absolute Gasteiger partial charge is 0.254 e. The standard InChI is InChI=1S/C28H24F2N2O3/c1-16(2)24-22-23(28(35)31(27(22)34)21-6-4-3-5-7-21)25(17-8-12-19(29)13-9-17)32(24)26(33)18-10-14-20(30)15-11-18/h3-16,22-25H,1-2H3. The number of hydrogen-bond donors (Lipinski definition) is 0. The van der Waals surface area contributed by atoms with E-state index in [0.717, 1.165) is 0 Å². The number of likely N-dealkylation sites (tertiary alicyclic amines) is 1. The number of fused-ring (bicyclic) bond motifs is 1. The molecule has 0 aliphatic carbocycles. The van der Waals surface area contributed by atoms with Crippen molar-refractivity contribution in [1.29, 1.82) is 0 Å². The maximum Gasteiger partial charge on any atom is 0.254 e. The summed E-state index contributed by atoms with van der Waals surface area (Å²) in [5.41, 5.74) is 1.30. The fourth-order valence-corrected chi connectivity index (χ4v) is 5.53. The number of amides is 3. The second-order valence-corrected chi connectivity index (χ2v) is 9.35. The van der Waals surface area contributed by atoms with Crippen molar-refractivity contribution >= 4 is 23.4 Å². The quantitative estimate of drug-likeness (QED) is 0.501. The highest BCUT2D eigenvalue weighted by Gasteiger charge is 2.64. The number of nitrogens with zero attached hydrogens (tertiary/aromatic N) is 2. The molecule has 3 aromatic carbocycles. The largest absolute Gasteiger partial charge is 0.327 e. The molecular formula is C28H24F2N2O3. The van der Waals surface area contributed by atoms with E-state index in [2.05, 4.69) is 0 Å². The van der Waals surface area contributed by atoms with Crippen LogP contribution in [0, 0.1) is 29.4 Å². The topological polar surface area (TPSA) is 57.7 Å². The predicted molar refractivity (Wildman–Crippen MR) is 126 cm³/mol. The van der Waals surface area contributed by atoms with E-state index in [-0.39, 0.29) is 23.3 Å². The van der Waals surface area contributed by atoms with Crippen LogP contribution >= 0.6 is 0 Å². The zero-order valence-electron chi connectivity index (χ0n) is 19.3. The number of imide groups is 1. The molecule has 0 aromatic heterocycles. The van der Waals surface area contributed by atoms with E-state index in [1.54, 1.807) is 47.4 Å². The van der Waals surface area contributed by atoms with Gasteiger partial charge in [0, 0.05) is 11.6 Å². The molecule has 2 aliphatic rings. The summed E-state index contributed by atoms with van der Waals surface area (Å²) >= 11 is 0. The van der Waals surface area contributed by atoms with Crippen molar-refractivity contribution in [2.45, 2.75) is 25.9 Å². The Labute approximate surface area is 202 Å². The Morgan fingerprint density at radius 1 is 0.771 bits per heavy atom. The first-order valence-electron chi connectivity index (χ1n) is 11.6. The first-order valence-corrected chi connectivity index (χ1v) is 11.6. The van der Waals surface area contributed by atoms with Crippen molar-refractivity contribution in [2.24, 2.45) is 17.8 Å². The van der Waals surface area contributed by atoms with E-state index >= 15 is 0 Å². The Kier molecular flexibility index (Phi) is 5.71. The number of carbonyl (C=O) groups is 3. The number of carbonyl (C=O) groups excluding carboxylic acids is 3. The summed E-state index contributed by atoms with van der Waals surface area (Å²) in [6.45, 7) is 3.81. The maximum atomic E-state index is 13.8. The van der Waals surface area contributed by atoms with Gasteiger partial charge in [-0.25, -0.2) is 13.7 Å². The van der Waals surface area contributed by atoms with Gasteiger partial charge in [-0.15, -0.1) is 0 Å². The molecule has 2 aliphatic heterocycles. The van der Waals surface area contributed by atoms with Crippen molar-refractivity contribution in [3.8, 4) is 0 Å². The Morgan fingerprint density at radius 2 is 1.31 bits per heavy atom. The molecule has 2 fully saturated rings. The fraction of sp³-hybridized carbons (Fsp3) is 0.250. The Balaban J connectivity index is 1.66. The summed E-state index contributed by atoms with van der Waals surface area (Å²) in [5, 5.41) is 0. The normalized spacial score (nSPS) is 23.8. The number of hydrogen-bond acceptors (Lipinski definition) is 3. The third-order valence-corrected chi connectivity index (χ3v) is 6.96. The van der Waals surface area contributed by atoms with Gasteiger partial charge in [0.2, 0.25) is 11.8 Å². The summed E-state index contributed by atoms with van der Waals surface area (Å²) in [6, 6.07) is 18.2. The number of halogens is 2. The molecular weight excluding hydrogens is 450 g/mol. The highest BCUT2D eigenvalue weighted by atomic mass is 19.1. The molecule has 0 bridgehead atoms. The van der Waals surface area contributed by atoms with E-state index in [9.17, 15) is 23.2 Å². The maximum absolute atomic E-state index is 13.8. The van der Waals surface area contributed by atoms with Crippen molar-refractivity contribution in [3.63, 3.8) is 0 Å². The van der Waals surface area contributed by atoms with E-state index in [4.69, 9.17) is 0 Å². The zero-order chi connectivity index (χ0) is 24.9. The van der Waals surface area contributed by atoms with Crippen molar-refractivity contribution < 1.29 is 23.2 Å². The van der Waals surface area contributed by atoms with Gasteiger partial charge in [0.15, 0.2) is 0 Å². The van der Waals surface area contributed by atoms with Crippen LogP contribution in [-0.4, -0.2) is 28.7 Å². The first kappa shape index (κ1) is 22.9. The summed E-state index contributed by atoms with van der Waals surface area (Å²) in [7, 11) is 0. The summed E-state index contributed by atoms with van der Waals surface area (Å²) in [6.07, 6.45) is 0. The second kappa shape index (κ2) is 8.73. The fourth-order valence-electron chi connectivity index (χ4n) is 5.53. The van der Waals surface area contributed by atoms with Crippen molar-refractivity contribution in [3.05, 3.63) is 102 Å². The molecule has 178 valence electrons. The minimum Gasteiger partial charge on any atom is -0.327 e. The molecule has 3 aromatic rings. The highest BCUT2D eigenvalue weighted by Crippen LogP contribution is 2.53. The van der Waals surface area contributed by atoms with E-state index < -0.39 is 41.5 Å². The van der Waals surface area contributed by atoms with E-state index in [1.165, 1.54) is 41.3 Å². The summed E-state index contributed by atoms with van der Waals surface area (Å²) in [5.74, 6) is -3.82. The lowest BCUT2D eigenvalue weighted by atomic mass is 9.83. The van der Waals surface area contributed by atoms with Crippen molar-refractivity contribution in [2.75, 3.05) is 4.90 Å². The molecule has 0 spiro atoms. The number of benzene rings is 3. The molecule has 2 heterocycles. The number of anilines is 1. The monoisotopic (exact) mass is 474 g/mol. The van der Waals surface area contributed by atoms with Crippen LogP contribution in [0.4, 0.5) is 14.5 Å². The number of rotatable bonds is 4. The van der Waals surface area contributed by atoms with Gasteiger partial charge in [-0.05, 0) is 60.0 Å². The molecule has 0 N–H and O–H groups in total.